The topological polar surface area (TPSA) is 69.7 Å². The SMILES string of the molecule is Cc1ccc(S(=O)(=O)O[C@@H]2CC[C@@]3(C)[C@H](CC[C@@H]4[C@@H]3CC(=O)[C@]3(C)[C@@H]5[C@@H](C[C@@H]43)C[C@@]3(CC[C@H](C)CO3)[C@H]5C)C2)cc1. The number of ether oxygens (including phenoxy) is 1. The summed E-state index contributed by atoms with van der Waals surface area (Å²) in [6.07, 6.45) is 9.95. The third kappa shape index (κ3) is 4.19. The molecule has 1 aromatic carbocycles. The summed E-state index contributed by atoms with van der Waals surface area (Å²) >= 11 is 0. The van der Waals surface area contributed by atoms with Gasteiger partial charge in [-0.3, -0.25) is 8.98 Å². The molecule has 0 amide bonds. The van der Waals surface area contributed by atoms with Crippen LogP contribution in [0.2, 0.25) is 0 Å². The highest BCUT2D eigenvalue weighted by molar-refractivity contribution is 7.86. The third-order valence-electron chi connectivity index (χ3n) is 14.0. The zero-order valence-electron chi connectivity index (χ0n) is 25.7. The lowest BCUT2D eigenvalue weighted by molar-refractivity contribution is -0.167. The quantitative estimate of drug-likeness (QED) is 0.348. The lowest BCUT2D eigenvalue weighted by Gasteiger charge is -2.60. The van der Waals surface area contributed by atoms with Crippen molar-refractivity contribution < 1.29 is 22.1 Å². The van der Waals surface area contributed by atoms with Crippen LogP contribution >= 0.6 is 0 Å². The molecule has 5 saturated carbocycles. The molecule has 12 atom stereocenters. The predicted octanol–water partition coefficient (Wildman–Crippen LogP) is 7.36. The highest BCUT2D eigenvalue weighted by atomic mass is 32.2. The van der Waals surface area contributed by atoms with E-state index in [1.807, 2.05) is 19.1 Å². The molecule has 6 heteroatoms. The fourth-order valence-corrected chi connectivity index (χ4v) is 12.9. The number of Topliss-reactive ketones (excluding diaryl/α,β-unsaturated/α-hetero) is 1. The summed E-state index contributed by atoms with van der Waals surface area (Å²) in [5, 5.41) is 0. The number of carbonyl (C=O) groups excluding carboxylic acids is 1. The van der Waals surface area contributed by atoms with Gasteiger partial charge in [0, 0.05) is 18.4 Å². The monoisotopic (exact) mass is 582 g/mol. The summed E-state index contributed by atoms with van der Waals surface area (Å²) in [6.45, 7) is 12.3. The average molecular weight is 583 g/mol. The van der Waals surface area contributed by atoms with E-state index in [9.17, 15) is 13.2 Å². The van der Waals surface area contributed by atoms with E-state index in [1.54, 1.807) is 12.1 Å². The van der Waals surface area contributed by atoms with Gasteiger partial charge in [-0.2, -0.15) is 8.42 Å². The molecule has 41 heavy (non-hydrogen) atoms. The summed E-state index contributed by atoms with van der Waals surface area (Å²) in [6, 6.07) is 6.94. The van der Waals surface area contributed by atoms with Crippen LogP contribution in [0.15, 0.2) is 29.2 Å². The van der Waals surface area contributed by atoms with Gasteiger partial charge in [0.1, 0.15) is 5.78 Å². The molecule has 0 N–H and O–H groups in total. The number of hydrogen-bond donors (Lipinski definition) is 0. The zero-order valence-corrected chi connectivity index (χ0v) is 26.5. The highest BCUT2D eigenvalue weighted by Crippen LogP contribution is 2.72. The van der Waals surface area contributed by atoms with Crippen LogP contribution in [0, 0.1) is 65.1 Å². The molecule has 226 valence electrons. The lowest BCUT2D eigenvalue weighted by Crippen LogP contribution is -2.58. The Morgan fingerprint density at radius 1 is 0.951 bits per heavy atom. The van der Waals surface area contributed by atoms with Crippen molar-refractivity contribution >= 4 is 15.9 Å². The maximum Gasteiger partial charge on any atom is 0.297 e. The Morgan fingerprint density at radius 2 is 1.71 bits per heavy atom. The van der Waals surface area contributed by atoms with Crippen molar-refractivity contribution in [3.8, 4) is 0 Å². The van der Waals surface area contributed by atoms with Gasteiger partial charge >= 0.3 is 0 Å². The van der Waals surface area contributed by atoms with Crippen LogP contribution in [-0.4, -0.2) is 32.5 Å². The number of fused-ring (bicyclic) bond motifs is 7. The summed E-state index contributed by atoms with van der Waals surface area (Å²) < 4.78 is 38.6. The Morgan fingerprint density at radius 3 is 2.41 bits per heavy atom. The predicted molar refractivity (Wildman–Crippen MR) is 159 cm³/mol. The number of benzene rings is 1. The highest BCUT2D eigenvalue weighted by Gasteiger charge is 2.70. The van der Waals surface area contributed by atoms with Crippen LogP contribution in [-0.2, 0) is 23.8 Å². The van der Waals surface area contributed by atoms with Crippen molar-refractivity contribution in [2.24, 2.45) is 58.2 Å². The minimum Gasteiger partial charge on any atom is -0.374 e. The van der Waals surface area contributed by atoms with Gasteiger partial charge in [-0.05, 0) is 130 Å². The summed E-state index contributed by atoms with van der Waals surface area (Å²) in [4.78, 5) is 14.6. The third-order valence-corrected chi connectivity index (χ3v) is 15.4. The smallest absolute Gasteiger partial charge is 0.297 e. The van der Waals surface area contributed by atoms with E-state index in [-0.39, 0.29) is 27.4 Å². The van der Waals surface area contributed by atoms with Gasteiger partial charge in [0.2, 0.25) is 0 Å². The first-order valence-electron chi connectivity index (χ1n) is 16.5. The van der Waals surface area contributed by atoms with Crippen molar-refractivity contribution in [1.82, 2.24) is 0 Å². The van der Waals surface area contributed by atoms with E-state index >= 15 is 0 Å². The molecular formula is C35H50O5S. The van der Waals surface area contributed by atoms with E-state index < -0.39 is 10.1 Å². The molecule has 0 bridgehead atoms. The van der Waals surface area contributed by atoms with Crippen LogP contribution in [0.3, 0.4) is 0 Å². The van der Waals surface area contributed by atoms with E-state index in [2.05, 4.69) is 27.7 Å². The molecule has 7 rings (SSSR count). The van der Waals surface area contributed by atoms with Gasteiger partial charge in [-0.15, -0.1) is 0 Å². The van der Waals surface area contributed by atoms with Crippen LogP contribution in [0.25, 0.3) is 0 Å². The van der Waals surface area contributed by atoms with E-state index in [4.69, 9.17) is 8.92 Å². The van der Waals surface area contributed by atoms with Gasteiger partial charge in [-0.25, -0.2) is 0 Å². The minimum atomic E-state index is -3.78. The van der Waals surface area contributed by atoms with E-state index in [0.717, 1.165) is 50.7 Å². The van der Waals surface area contributed by atoms with Crippen LogP contribution in [0.1, 0.15) is 97.5 Å². The zero-order chi connectivity index (χ0) is 28.9. The lowest BCUT2D eigenvalue weighted by atomic mass is 9.44. The molecule has 1 aliphatic heterocycles. The van der Waals surface area contributed by atoms with Gasteiger partial charge < -0.3 is 4.74 Å². The molecule has 6 aliphatic rings. The Labute approximate surface area is 247 Å². The minimum absolute atomic E-state index is 0.00606. The van der Waals surface area contributed by atoms with Crippen molar-refractivity contribution in [3.05, 3.63) is 29.8 Å². The van der Waals surface area contributed by atoms with Crippen molar-refractivity contribution in [2.75, 3.05) is 6.61 Å². The van der Waals surface area contributed by atoms with Gasteiger partial charge in [0.25, 0.3) is 10.1 Å². The molecule has 5 nitrogen and oxygen atoms in total. The van der Waals surface area contributed by atoms with Crippen molar-refractivity contribution in [2.45, 2.75) is 115 Å². The summed E-state index contributed by atoms with van der Waals surface area (Å²) in [5.41, 5.74) is 0.894. The maximum absolute atomic E-state index is 14.4. The van der Waals surface area contributed by atoms with Crippen LogP contribution in [0.4, 0.5) is 0 Å². The summed E-state index contributed by atoms with van der Waals surface area (Å²) in [5.74, 6) is 4.59. The first kappa shape index (κ1) is 28.5. The molecule has 0 radical (unpaired) electrons. The van der Waals surface area contributed by atoms with Crippen LogP contribution in [0.5, 0.6) is 0 Å². The number of aryl methyl sites for hydroxylation is 1. The largest absolute Gasteiger partial charge is 0.374 e. The Hall–Kier alpha value is -1.24. The standard InChI is InChI=1S/C35H50O5S/c1-21-6-9-27(10-7-21)41(37,38)40-26-13-14-33(4)25(17-26)8-11-28-29(33)18-31(36)34(5)30(28)16-24-19-35(23(3)32(24)34)15-12-22(2)20-39-35/h6-7,9-10,22-26,28-30,32H,8,11-20H2,1-5H3/t22-,23-,24-,25+,26+,28+,29-,30-,32-,33-,34+,35-/m0/s1. The molecule has 1 heterocycles. The molecule has 1 aromatic rings. The first-order chi connectivity index (χ1) is 19.4. The second-order valence-corrected chi connectivity index (χ2v) is 17.4. The normalized spacial score (nSPS) is 49.3. The summed E-state index contributed by atoms with van der Waals surface area (Å²) in [7, 11) is -3.78. The molecule has 1 spiro atoms. The molecule has 6 fully saturated rings. The molecule has 0 unspecified atom stereocenters. The van der Waals surface area contributed by atoms with Gasteiger partial charge in [-0.1, -0.05) is 45.4 Å². The van der Waals surface area contributed by atoms with Gasteiger partial charge in [0.05, 0.1) is 16.6 Å². The molecule has 1 saturated heterocycles. The van der Waals surface area contributed by atoms with Crippen LogP contribution < -0.4 is 0 Å². The molecular weight excluding hydrogens is 532 g/mol. The van der Waals surface area contributed by atoms with Crippen molar-refractivity contribution in [3.63, 3.8) is 0 Å². The fraction of sp³-hybridized carbons (Fsp3) is 0.800. The molecule has 5 aliphatic carbocycles. The Balaban J connectivity index is 1.08. The Bertz CT molecular complexity index is 1300. The Kier molecular flexibility index (Phi) is 6.70. The second-order valence-electron chi connectivity index (χ2n) is 15.9. The number of carbonyl (C=O) groups is 1. The average Bonchev–Trinajstić information content (AvgIpc) is 3.38. The van der Waals surface area contributed by atoms with E-state index in [1.165, 1.54) is 19.3 Å². The number of hydrogen-bond acceptors (Lipinski definition) is 5. The number of ketones is 1. The fourth-order valence-electron chi connectivity index (χ4n) is 11.7. The second kappa shape index (κ2) is 9.63. The maximum atomic E-state index is 14.4. The molecule has 0 aromatic heterocycles. The van der Waals surface area contributed by atoms with E-state index in [0.29, 0.717) is 59.5 Å². The van der Waals surface area contributed by atoms with Crippen molar-refractivity contribution in [1.29, 1.82) is 0 Å². The number of rotatable bonds is 3. The first-order valence-corrected chi connectivity index (χ1v) is 18.0. The van der Waals surface area contributed by atoms with Gasteiger partial charge in [0.15, 0.2) is 0 Å².